The number of amides is 1. The highest BCUT2D eigenvalue weighted by molar-refractivity contribution is 5.79. The summed E-state index contributed by atoms with van der Waals surface area (Å²) in [5.41, 5.74) is 1.81. The predicted octanol–water partition coefficient (Wildman–Crippen LogP) is 4.31. The fraction of sp³-hybridized carbons (Fsp3) is 0.435. The highest BCUT2D eigenvalue weighted by Crippen LogP contribution is 2.24. The highest BCUT2D eigenvalue weighted by Gasteiger charge is 2.26. The molecule has 1 N–H and O–H groups in total. The van der Waals surface area contributed by atoms with Crippen molar-refractivity contribution >= 4 is 5.91 Å². The highest BCUT2D eigenvalue weighted by atomic mass is 19.1. The van der Waals surface area contributed by atoms with Gasteiger partial charge in [-0.2, -0.15) is 0 Å². The van der Waals surface area contributed by atoms with Crippen LogP contribution in [-0.2, 0) is 11.3 Å². The van der Waals surface area contributed by atoms with E-state index in [9.17, 15) is 9.18 Å². The Kier molecular flexibility index (Phi) is 7.04. The predicted molar refractivity (Wildman–Crippen MR) is 109 cm³/mol. The van der Waals surface area contributed by atoms with E-state index in [4.69, 9.17) is 4.74 Å². The van der Waals surface area contributed by atoms with Crippen molar-refractivity contribution in [2.45, 2.75) is 38.8 Å². The van der Waals surface area contributed by atoms with Crippen LogP contribution in [-0.4, -0.2) is 31.0 Å². The Bertz CT molecular complexity index is 770. The summed E-state index contributed by atoms with van der Waals surface area (Å²) in [5, 5.41) is 3.21. The average molecular weight is 384 g/mol. The molecule has 5 heteroatoms. The minimum Gasteiger partial charge on any atom is -0.497 e. The molecule has 2 aromatic carbocycles. The molecule has 150 valence electrons. The molecule has 0 aliphatic carbocycles. The van der Waals surface area contributed by atoms with Crippen LogP contribution in [0, 0.1) is 11.7 Å². The second-order valence-electron chi connectivity index (χ2n) is 7.38. The Balaban J connectivity index is 1.51. The number of halogens is 1. The summed E-state index contributed by atoms with van der Waals surface area (Å²) in [6.45, 7) is 4.30. The first kappa shape index (κ1) is 20.3. The number of piperidine rings is 1. The van der Waals surface area contributed by atoms with Crippen LogP contribution in [0.2, 0.25) is 0 Å². The van der Waals surface area contributed by atoms with Crippen LogP contribution < -0.4 is 10.1 Å². The van der Waals surface area contributed by atoms with Crippen LogP contribution in [0.4, 0.5) is 4.39 Å². The van der Waals surface area contributed by atoms with Crippen molar-refractivity contribution in [2.24, 2.45) is 5.92 Å². The molecule has 1 aliphatic heterocycles. The van der Waals surface area contributed by atoms with E-state index in [-0.39, 0.29) is 23.7 Å². The lowest BCUT2D eigenvalue weighted by molar-refractivity contribution is -0.127. The van der Waals surface area contributed by atoms with Gasteiger partial charge in [0.1, 0.15) is 11.6 Å². The number of hydrogen-bond donors (Lipinski definition) is 1. The summed E-state index contributed by atoms with van der Waals surface area (Å²) in [6, 6.07) is 14.8. The molecular weight excluding hydrogens is 355 g/mol. The van der Waals surface area contributed by atoms with Gasteiger partial charge in [0, 0.05) is 18.0 Å². The summed E-state index contributed by atoms with van der Waals surface area (Å²) >= 11 is 0. The molecule has 1 aliphatic rings. The van der Waals surface area contributed by atoms with Crippen molar-refractivity contribution < 1.29 is 13.9 Å². The van der Waals surface area contributed by atoms with Crippen LogP contribution in [0.5, 0.6) is 5.75 Å². The minimum atomic E-state index is -0.160. The van der Waals surface area contributed by atoms with Crippen LogP contribution in [0.25, 0.3) is 0 Å². The van der Waals surface area contributed by atoms with Gasteiger partial charge in [0.25, 0.3) is 0 Å². The largest absolute Gasteiger partial charge is 0.497 e. The Morgan fingerprint density at radius 2 is 1.86 bits per heavy atom. The van der Waals surface area contributed by atoms with Gasteiger partial charge in [0.15, 0.2) is 0 Å². The van der Waals surface area contributed by atoms with Gasteiger partial charge in [-0.15, -0.1) is 0 Å². The average Bonchev–Trinajstić information content (AvgIpc) is 2.74. The van der Waals surface area contributed by atoms with E-state index in [1.165, 1.54) is 6.07 Å². The van der Waals surface area contributed by atoms with E-state index >= 15 is 0 Å². The zero-order valence-electron chi connectivity index (χ0n) is 16.7. The maximum Gasteiger partial charge on any atom is 0.223 e. The molecule has 1 atom stereocenters. The number of nitrogens with zero attached hydrogens (tertiary/aromatic N) is 1. The third kappa shape index (κ3) is 5.10. The number of nitrogens with one attached hydrogen (secondary N) is 1. The monoisotopic (exact) mass is 384 g/mol. The van der Waals surface area contributed by atoms with Gasteiger partial charge in [-0.25, -0.2) is 4.39 Å². The topological polar surface area (TPSA) is 41.6 Å². The van der Waals surface area contributed by atoms with Gasteiger partial charge in [0.05, 0.1) is 13.2 Å². The quantitative estimate of drug-likeness (QED) is 0.773. The molecule has 3 rings (SSSR count). The Hall–Kier alpha value is -2.40. The van der Waals surface area contributed by atoms with Crippen molar-refractivity contribution in [3.63, 3.8) is 0 Å². The van der Waals surface area contributed by atoms with Gasteiger partial charge < -0.3 is 10.1 Å². The van der Waals surface area contributed by atoms with Crippen LogP contribution >= 0.6 is 0 Å². The summed E-state index contributed by atoms with van der Waals surface area (Å²) in [6.07, 6.45) is 2.45. The lowest BCUT2D eigenvalue weighted by Gasteiger charge is -2.32. The first-order valence-electron chi connectivity index (χ1n) is 10.0. The third-order valence-corrected chi connectivity index (χ3v) is 5.55. The summed E-state index contributed by atoms with van der Waals surface area (Å²) in [4.78, 5) is 15.0. The van der Waals surface area contributed by atoms with E-state index in [0.717, 1.165) is 49.2 Å². The standard InChI is InChI=1S/C23H29FN2O2/c1-3-22(17-8-10-20(28-2)11-9-17)25-23(27)18-12-14-26(15-13-18)16-19-6-4-5-7-21(19)24/h4-11,18,22H,3,12-16H2,1-2H3,(H,25,27)/t22-/m0/s1. The number of carbonyl (C=O) groups excluding carboxylic acids is 1. The number of ether oxygens (including phenoxy) is 1. The fourth-order valence-corrected chi connectivity index (χ4v) is 3.77. The lowest BCUT2D eigenvalue weighted by Crippen LogP contribution is -2.41. The van der Waals surface area contributed by atoms with Crippen molar-refractivity contribution in [1.82, 2.24) is 10.2 Å². The molecule has 1 amide bonds. The van der Waals surface area contributed by atoms with E-state index in [0.29, 0.717) is 6.54 Å². The second-order valence-corrected chi connectivity index (χ2v) is 7.38. The number of benzene rings is 2. The molecular formula is C23H29FN2O2. The molecule has 0 bridgehead atoms. The number of carbonyl (C=O) groups is 1. The number of hydrogen-bond acceptors (Lipinski definition) is 3. The van der Waals surface area contributed by atoms with Gasteiger partial charge in [0.2, 0.25) is 5.91 Å². The SMILES string of the molecule is CC[C@H](NC(=O)C1CCN(Cc2ccccc2F)CC1)c1ccc(OC)cc1. The van der Waals surface area contributed by atoms with Crippen molar-refractivity contribution in [1.29, 1.82) is 0 Å². The summed E-state index contributed by atoms with van der Waals surface area (Å²) in [5.74, 6) is 0.789. The van der Waals surface area contributed by atoms with Gasteiger partial charge in [-0.05, 0) is 56.1 Å². The summed E-state index contributed by atoms with van der Waals surface area (Å²) in [7, 11) is 1.65. The maximum absolute atomic E-state index is 13.8. The Morgan fingerprint density at radius 3 is 2.46 bits per heavy atom. The molecule has 4 nitrogen and oxygen atoms in total. The minimum absolute atomic E-state index is 0.00912. The van der Waals surface area contributed by atoms with Crippen molar-refractivity contribution in [3.05, 3.63) is 65.5 Å². The zero-order valence-corrected chi connectivity index (χ0v) is 16.7. The molecule has 1 fully saturated rings. The summed E-state index contributed by atoms with van der Waals surface area (Å²) < 4.78 is 19.0. The molecule has 0 unspecified atom stereocenters. The zero-order chi connectivity index (χ0) is 19.9. The van der Waals surface area contributed by atoms with Crippen LogP contribution in [0.15, 0.2) is 48.5 Å². The van der Waals surface area contributed by atoms with Gasteiger partial charge >= 0.3 is 0 Å². The maximum atomic E-state index is 13.8. The number of methoxy groups -OCH3 is 1. The van der Waals surface area contributed by atoms with Gasteiger partial charge in [-0.3, -0.25) is 9.69 Å². The molecule has 2 aromatic rings. The first-order chi connectivity index (χ1) is 13.6. The molecule has 28 heavy (non-hydrogen) atoms. The van der Waals surface area contributed by atoms with E-state index in [2.05, 4.69) is 17.1 Å². The molecule has 1 heterocycles. The Labute approximate surface area is 166 Å². The number of rotatable bonds is 7. The van der Waals surface area contributed by atoms with E-state index < -0.39 is 0 Å². The molecule has 0 radical (unpaired) electrons. The normalized spacial score (nSPS) is 16.5. The van der Waals surface area contributed by atoms with Crippen molar-refractivity contribution in [3.8, 4) is 5.75 Å². The van der Waals surface area contributed by atoms with E-state index in [1.54, 1.807) is 13.2 Å². The second kappa shape index (κ2) is 9.69. The Morgan fingerprint density at radius 1 is 1.18 bits per heavy atom. The molecule has 0 aromatic heterocycles. The molecule has 1 saturated heterocycles. The number of likely N-dealkylation sites (tertiary alicyclic amines) is 1. The van der Waals surface area contributed by atoms with Crippen molar-refractivity contribution in [2.75, 3.05) is 20.2 Å². The molecule has 0 saturated carbocycles. The lowest BCUT2D eigenvalue weighted by atomic mass is 9.94. The third-order valence-electron chi connectivity index (χ3n) is 5.55. The fourth-order valence-electron chi connectivity index (χ4n) is 3.77. The van der Waals surface area contributed by atoms with Crippen LogP contribution in [0.3, 0.4) is 0 Å². The molecule has 0 spiro atoms. The first-order valence-corrected chi connectivity index (χ1v) is 10.0. The van der Waals surface area contributed by atoms with E-state index in [1.807, 2.05) is 36.4 Å². The van der Waals surface area contributed by atoms with Gasteiger partial charge in [-0.1, -0.05) is 37.3 Å². The van der Waals surface area contributed by atoms with Crippen LogP contribution in [0.1, 0.15) is 43.4 Å². The smallest absolute Gasteiger partial charge is 0.223 e.